The van der Waals surface area contributed by atoms with Crippen molar-refractivity contribution in [3.63, 3.8) is 0 Å². The number of hydrogen-bond donors (Lipinski definition) is 2. The molecule has 96 valence electrons. The fourth-order valence-electron chi connectivity index (χ4n) is 1.51. The first-order chi connectivity index (χ1) is 8.81. The lowest BCUT2D eigenvalue weighted by atomic mass is 10.4. The molecule has 2 heterocycles. The summed E-state index contributed by atoms with van der Waals surface area (Å²) in [4.78, 5) is 11.9. The van der Waals surface area contributed by atoms with Crippen molar-refractivity contribution in [3.05, 3.63) is 29.8 Å². The van der Waals surface area contributed by atoms with E-state index in [1.54, 1.807) is 13.2 Å². The Bertz CT molecular complexity index is 492. The minimum atomic E-state index is -0.180. The largest absolute Gasteiger partial charge is 0.383 e. The lowest BCUT2D eigenvalue weighted by Gasteiger charge is -2.08. The lowest BCUT2D eigenvalue weighted by Crippen LogP contribution is -2.26. The van der Waals surface area contributed by atoms with Gasteiger partial charge in [-0.25, -0.2) is 0 Å². The normalized spacial score (nSPS) is 10.5. The van der Waals surface area contributed by atoms with Crippen molar-refractivity contribution < 1.29 is 9.53 Å². The summed E-state index contributed by atoms with van der Waals surface area (Å²) in [5.74, 6) is 0.263. The van der Waals surface area contributed by atoms with Gasteiger partial charge in [-0.3, -0.25) is 4.79 Å². The first-order valence-electron chi connectivity index (χ1n) is 5.46. The second-order valence-electron chi connectivity index (χ2n) is 3.59. The van der Waals surface area contributed by atoms with Gasteiger partial charge < -0.3 is 14.6 Å². The number of aromatic amines is 1. The second-order valence-corrected chi connectivity index (χ2v) is 3.59. The van der Waals surface area contributed by atoms with Gasteiger partial charge in [-0.15, -0.1) is 10.2 Å². The predicted octanol–water partition coefficient (Wildman–Crippen LogP) is -0.422. The van der Waals surface area contributed by atoms with E-state index in [2.05, 4.69) is 25.9 Å². The third-order valence-corrected chi connectivity index (χ3v) is 2.39. The Morgan fingerprint density at radius 1 is 1.61 bits per heavy atom. The molecule has 18 heavy (non-hydrogen) atoms. The number of aromatic nitrogens is 5. The maximum absolute atomic E-state index is 11.9. The van der Waals surface area contributed by atoms with Crippen LogP contribution in [0.25, 0.3) is 0 Å². The summed E-state index contributed by atoms with van der Waals surface area (Å²) < 4.78 is 6.81. The maximum Gasteiger partial charge on any atom is 0.268 e. The molecule has 8 heteroatoms. The Labute approximate surface area is 103 Å². The van der Waals surface area contributed by atoms with Crippen molar-refractivity contribution in [1.82, 2.24) is 30.5 Å². The van der Waals surface area contributed by atoms with Gasteiger partial charge in [0.1, 0.15) is 5.69 Å². The Balaban J connectivity index is 1.94. The third-order valence-electron chi connectivity index (χ3n) is 2.39. The Morgan fingerprint density at radius 2 is 2.50 bits per heavy atom. The number of carbonyl (C=O) groups excluding carboxylic acids is 1. The average molecular weight is 250 g/mol. The lowest BCUT2D eigenvalue weighted by molar-refractivity contribution is 0.0938. The maximum atomic E-state index is 11.9. The van der Waals surface area contributed by atoms with Gasteiger partial charge in [-0.1, -0.05) is 5.21 Å². The van der Waals surface area contributed by atoms with Crippen molar-refractivity contribution in [2.24, 2.45) is 0 Å². The predicted molar refractivity (Wildman–Crippen MR) is 61.7 cm³/mol. The first-order valence-corrected chi connectivity index (χ1v) is 5.46. The zero-order valence-corrected chi connectivity index (χ0v) is 9.96. The number of ether oxygens (including phenoxy) is 1. The quantitative estimate of drug-likeness (QED) is 0.725. The monoisotopic (exact) mass is 250 g/mol. The number of carbonyl (C=O) groups is 1. The van der Waals surface area contributed by atoms with Crippen LogP contribution in [0.3, 0.4) is 0 Å². The van der Waals surface area contributed by atoms with Gasteiger partial charge in [-0.2, -0.15) is 5.21 Å². The highest BCUT2D eigenvalue weighted by molar-refractivity contribution is 5.92. The van der Waals surface area contributed by atoms with Crippen LogP contribution < -0.4 is 5.32 Å². The molecule has 0 fully saturated rings. The van der Waals surface area contributed by atoms with Crippen LogP contribution in [0, 0.1) is 0 Å². The fourth-order valence-corrected chi connectivity index (χ4v) is 1.51. The van der Waals surface area contributed by atoms with E-state index < -0.39 is 0 Å². The molecule has 0 aliphatic rings. The third kappa shape index (κ3) is 2.92. The van der Waals surface area contributed by atoms with Crippen LogP contribution in [0.15, 0.2) is 18.3 Å². The number of tetrazole rings is 1. The van der Waals surface area contributed by atoms with E-state index in [0.29, 0.717) is 24.7 Å². The first kappa shape index (κ1) is 12.2. The van der Waals surface area contributed by atoms with Gasteiger partial charge in [0.05, 0.1) is 13.2 Å². The molecule has 0 aromatic carbocycles. The fraction of sp³-hybridized carbons (Fsp3) is 0.400. The van der Waals surface area contributed by atoms with E-state index in [1.807, 2.05) is 16.8 Å². The van der Waals surface area contributed by atoms with Gasteiger partial charge >= 0.3 is 0 Å². The van der Waals surface area contributed by atoms with Gasteiger partial charge in [0.25, 0.3) is 5.91 Å². The molecule has 0 bridgehead atoms. The van der Waals surface area contributed by atoms with Gasteiger partial charge in [0.2, 0.25) is 0 Å². The molecular formula is C10H14N6O2. The number of amides is 1. The molecule has 0 spiro atoms. The molecule has 0 saturated heterocycles. The van der Waals surface area contributed by atoms with Crippen molar-refractivity contribution in [2.45, 2.75) is 13.1 Å². The summed E-state index contributed by atoms with van der Waals surface area (Å²) in [5, 5.41) is 16.0. The zero-order valence-electron chi connectivity index (χ0n) is 9.96. The molecule has 2 rings (SSSR count). The van der Waals surface area contributed by atoms with E-state index in [-0.39, 0.29) is 12.5 Å². The summed E-state index contributed by atoms with van der Waals surface area (Å²) in [6.07, 6.45) is 1.84. The highest BCUT2D eigenvalue weighted by Crippen LogP contribution is 2.02. The zero-order chi connectivity index (χ0) is 12.8. The van der Waals surface area contributed by atoms with Gasteiger partial charge in [0.15, 0.2) is 5.82 Å². The highest BCUT2D eigenvalue weighted by atomic mass is 16.5. The van der Waals surface area contributed by atoms with E-state index in [0.717, 1.165) is 0 Å². The molecule has 1 amide bonds. The average Bonchev–Trinajstić information content (AvgIpc) is 3.04. The topological polar surface area (TPSA) is 97.7 Å². The molecule has 0 radical (unpaired) electrons. The van der Waals surface area contributed by atoms with E-state index in [1.165, 1.54) is 0 Å². The number of rotatable bonds is 6. The summed E-state index contributed by atoms with van der Waals surface area (Å²) in [5.41, 5.74) is 0.579. The van der Waals surface area contributed by atoms with Crippen LogP contribution in [0.1, 0.15) is 16.3 Å². The van der Waals surface area contributed by atoms with Crippen LogP contribution in [0.4, 0.5) is 0 Å². The van der Waals surface area contributed by atoms with Gasteiger partial charge in [0, 0.05) is 19.9 Å². The Morgan fingerprint density at radius 3 is 3.22 bits per heavy atom. The van der Waals surface area contributed by atoms with Crippen LogP contribution in [0.5, 0.6) is 0 Å². The van der Waals surface area contributed by atoms with Crippen molar-refractivity contribution >= 4 is 5.91 Å². The van der Waals surface area contributed by atoms with Crippen molar-refractivity contribution in [2.75, 3.05) is 13.7 Å². The van der Waals surface area contributed by atoms with Crippen LogP contribution in [-0.2, 0) is 17.8 Å². The molecule has 0 atom stereocenters. The van der Waals surface area contributed by atoms with Gasteiger partial charge in [-0.05, 0) is 12.1 Å². The molecule has 2 N–H and O–H groups in total. The molecule has 0 aliphatic carbocycles. The number of methoxy groups -OCH3 is 1. The molecule has 0 aliphatic heterocycles. The van der Waals surface area contributed by atoms with Crippen LogP contribution >= 0.6 is 0 Å². The molecule has 2 aromatic heterocycles. The Hall–Kier alpha value is -2.22. The summed E-state index contributed by atoms with van der Waals surface area (Å²) in [7, 11) is 1.62. The minimum Gasteiger partial charge on any atom is -0.383 e. The van der Waals surface area contributed by atoms with Crippen molar-refractivity contribution in [3.8, 4) is 0 Å². The Kier molecular flexibility index (Phi) is 4.02. The molecule has 8 nitrogen and oxygen atoms in total. The number of nitrogens with one attached hydrogen (secondary N) is 2. The minimum absolute atomic E-state index is 0.180. The van der Waals surface area contributed by atoms with Crippen molar-refractivity contribution in [1.29, 1.82) is 0 Å². The van der Waals surface area contributed by atoms with E-state index in [4.69, 9.17) is 4.74 Å². The second kappa shape index (κ2) is 5.92. The number of nitrogens with zero attached hydrogens (tertiary/aromatic N) is 4. The van der Waals surface area contributed by atoms with E-state index in [9.17, 15) is 4.79 Å². The van der Waals surface area contributed by atoms with Crippen LogP contribution in [-0.4, -0.2) is 44.8 Å². The SMILES string of the molecule is COCCn1cccc1C(=O)NCc1nn[nH]n1. The molecule has 0 saturated carbocycles. The molecule has 0 unspecified atom stereocenters. The molecule has 2 aromatic rings. The summed E-state index contributed by atoms with van der Waals surface area (Å²) in [6, 6.07) is 3.57. The summed E-state index contributed by atoms with van der Waals surface area (Å²) >= 11 is 0. The number of hydrogen-bond acceptors (Lipinski definition) is 5. The smallest absolute Gasteiger partial charge is 0.268 e. The highest BCUT2D eigenvalue weighted by Gasteiger charge is 2.11. The van der Waals surface area contributed by atoms with Crippen LogP contribution in [0.2, 0.25) is 0 Å². The van der Waals surface area contributed by atoms with E-state index >= 15 is 0 Å². The molecular weight excluding hydrogens is 236 g/mol. The standard InChI is InChI=1S/C10H14N6O2/c1-18-6-5-16-4-2-3-8(16)10(17)11-7-9-12-14-15-13-9/h2-4H,5-7H2,1H3,(H,11,17)(H,12,13,14,15). The number of H-pyrrole nitrogens is 1. The summed E-state index contributed by atoms with van der Waals surface area (Å²) in [6.45, 7) is 1.43.